The van der Waals surface area contributed by atoms with E-state index in [0.29, 0.717) is 6.61 Å². The first-order valence-electron chi connectivity index (χ1n) is 8.73. The molecule has 0 saturated heterocycles. The Hall–Kier alpha value is -2.61. The lowest BCUT2D eigenvalue weighted by molar-refractivity contribution is 0.103. The minimum Gasteiger partial charge on any atom is -0.497 e. The van der Waals surface area contributed by atoms with Crippen molar-refractivity contribution in [2.75, 3.05) is 6.61 Å². The predicted molar refractivity (Wildman–Crippen MR) is 102 cm³/mol. The normalized spacial score (nSPS) is 18.6. The van der Waals surface area contributed by atoms with Crippen LogP contribution in [-0.2, 0) is 4.74 Å². The van der Waals surface area contributed by atoms with Gasteiger partial charge in [-0.25, -0.2) is 0 Å². The first kappa shape index (κ1) is 15.9. The van der Waals surface area contributed by atoms with Gasteiger partial charge in [-0.1, -0.05) is 55.8 Å². The predicted octanol–water partition coefficient (Wildman–Crippen LogP) is 5.53. The van der Waals surface area contributed by atoms with Gasteiger partial charge in [0.05, 0.1) is 6.26 Å². The summed E-state index contributed by atoms with van der Waals surface area (Å²) in [5.41, 5.74) is 5.07. The molecule has 0 aromatic heterocycles. The van der Waals surface area contributed by atoms with Gasteiger partial charge in [0.15, 0.2) is 5.78 Å². The summed E-state index contributed by atoms with van der Waals surface area (Å²) in [5, 5.41) is 2.27. The summed E-state index contributed by atoms with van der Waals surface area (Å²) in [4.78, 5) is 13.2. The molecular formula is C23H22O2. The highest BCUT2D eigenvalue weighted by atomic mass is 16.5. The average Bonchev–Trinajstić information content (AvgIpc) is 2.61. The highest BCUT2D eigenvalue weighted by Crippen LogP contribution is 2.42. The van der Waals surface area contributed by atoms with Gasteiger partial charge < -0.3 is 4.74 Å². The zero-order chi connectivity index (χ0) is 17.6. The van der Waals surface area contributed by atoms with Gasteiger partial charge in [0.2, 0.25) is 0 Å². The van der Waals surface area contributed by atoms with E-state index in [0.717, 1.165) is 28.5 Å². The Labute approximate surface area is 148 Å². The molecule has 2 heteroatoms. The van der Waals surface area contributed by atoms with Gasteiger partial charge in [0.25, 0.3) is 0 Å². The highest BCUT2D eigenvalue weighted by Gasteiger charge is 2.33. The van der Waals surface area contributed by atoms with Crippen LogP contribution in [0.15, 0.2) is 71.5 Å². The van der Waals surface area contributed by atoms with Gasteiger partial charge in [0, 0.05) is 11.1 Å². The first-order chi connectivity index (χ1) is 12.0. The van der Waals surface area contributed by atoms with Crippen molar-refractivity contribution in [1.82, 2.24) is 0 Å². The molecule has 1 aliphatic carbocycles. The van der Waals surface area contributed by atoms with E-state index in [4.69, 9.17) is 4.74 Å². The molecule has 1 aliphatic heterocycles. The van der Waals surface area contributed by atoms with Crippen LogP contribution < -0.4 is 0 Å². The maximum absolute atomic E-state index is 13.2. The Morgan fingerprint density at radius 2 is 1.84 bits per heavy atom. The quantitative estimate of drug-likeness (QED) is 0.677. The number of benzene rings is 2. The summed E-state index contributed by atoms with van der Waals surface area (Å²) >= 11 is 0. The van der Waals surface area contributed by atoms with Crippen LogP contribution in [-0.4, -0.2) is 12.4 Å². The Morgan fingerprint density at radius 3 is 2.68 bits per heavy atom. The van der Waals surface area contributed by atoms with Crippen LogP contribution >= 0.6 is 0 Å². The molecule has 2 aromatic rings. The average molecular weight is 330 g/mol. The Balaban J connectivity index is 1.76. The monoisotopic (exact) mass is 330 g/mol. The van der Waals surface area contributed by atoms with Crippen LogP contribution in [0.4, 0.5) is 0 Å². The molecule has 1 heterocycles. The van der Waals surface area contributed by atoms with Crippen molar-refractivity contribution >= 4 is 16.6 Å². The van der Waals surface area contributed by atoms with Crippen molar-refractivity contribution in [1.29, 1.82) is 0 Å². The topological polar surface area (TPSA) is 26.3 Å². The summed E-state index contributed by atoms with van der Waals surface area (Å²) in [6, 6.07) is 12.3. The summed E-state index contributed by atoms with van der Waals surface area (Å²) < 4.78 is 5.50. The number of hydrogen-bond donors (Lipinski definition) is 0. The summed E-state index contributed by atoms with van der Waals surface area (Å²) in [6.45, 7) is 7.07. The molecule has 0 radical (unpaired) electrons. The first-order valence-corrected chi connectivity index (χ1v) is 8.73. The van der Waals surface area contributed by atoms with Crippen LogP contribution in [0.5, 0.6) is 0 Å². The maximum Gasteiger partial charge on any atom is 0.193 e. The number of fused-ring (bicyclic) bond motifs is 1. The zero-order valence-electron chi connectivity index (χ0n) is 14.9. The fraction of sp³-hybridized carbons (Fsp3) is 0.261. The third-order valence-electron chi connectivity index (χ3n) is 5.31. The standard InChI is InChI=1S/C23H22O2/c1-15-4-5-17-13-18(7-6-16(17)12-15)22(24)20-8-10-23(2,3)21-14-25-11-9-19(20)21/h4-9,11-13H,10,14H2,1-3H3. The molecule has 25 heavy (non-hydrogen) atoms. The molecule has 0 fully saturated rings. The molecular weight excluding hydrogens is 308 g/mol. The number of rotatable bonds is 2. The Morgan fingerprint density at radius 1 is 1.08 bits per heavy atom. The van der Waals surface area contributed by atoms with E-state index < -0.39 is 0 Å². The molecule has 4 rings (SSSR count). The number of hydrogen-bond acceptors (Lipinski definition) is 2. The van der Waals surface area contributed by atoms with E-state index in [1.807, 2.05) is 24.3 Å². The zero-order valence-corrected chi connectivity index (χ0v) is 14.9. The third-order valence-corrected chi connectivity index (χ3v) is 5.31. The number of ether oxygens (including phenoxy) is 1. The van der Waals surface area contributed by atoms with Crippen LogP contribution in [0.2, 0.25) is 0 Å². The lowest BCUT2D eigenvalue weighted by Crippen LogP contribution is -2.26. The van der Waals surface area contributed by atoms with Crippen LogP contribution in [0.1, 0.15) is 36.2 Å². The van der Waals surface area contributed by atoms with Crippen LogP contribution in [0.25, 0.3) is 10.8 Å². The molecule has 0 amide bonds. The number of allylic oxidation sites excluding steroid dienone is 4. The molecule has 126 valence electrons. The van der Waals surface area contributed by atoms with Crippen molar-refractivity contribution in [2.24, 2.45) is 5.41 Å². The lowest BCUT2D eigenvalue weighted by atomic mass is 9.72. The summed E-state index contributed by atoms with van der Waals surface area (Å²) in [5.74, 6) is 0.0945. The molecule has 0 N–H and O–H groups in total. The number of Topliss-reactive ketones (excluding diaryl/α,β-unsaturated/α-hetero) is 1. The molecule has 2 nitrogen and oxygen atoms in total. The molecule has 0 atom stereocenters. The molecule has 0 bridgehead atoms. The van der Waals surface area contributed by atoms with Crippen molar-refractivity contribution in [3.63, 3.8) is 0 Å². The van der Waals surface area contributed by atoms with E-state index in [2.05, 4.69) is 45.0 Å². The van der Waals surface area contributed by atoms with Crippen LogP contribution in [0.3, 0.4) is 0 Å². The lowest BCUT2D eigenvalue weighted by Gasteiger charge is -2.35. The largest absolute Gasteiger partial charge is 0.497 e. The summed E-state index contributed by atoms with van der Waals surface area (Å²) in [7, 11) is 0. The summed E-state index contributed by atoms with van der Waals surface area (Å²) in [6.07, 6.45) is 6.59. The van der Waals surface area contributed by atoms with Crippen molar-refractivity contribution in [3.8, 4) is 0 Å². The smallest absolute Gasteiger partial charge is 0.193 e. The van der Waals surface area contributed by atoms with Gasteiger partial charge in [-0.2, -0.15) is 0 Å². The van der Waals surface area contributed by atoms with E-state index >= 15 is 0 Å². The fourth-order valence-electron chi connectivity index (χ4n) is 3.71. The minimum absolute atomic E-state index is 0.0325. The van der Waals surface area contributed by atoms with E-state index in [1.54, 1.807) is 6.26 Å². The minimum atomic E-state index is 0.0325. The van der Waals surface area contributed by atoms with Crippen molar-refractivity contribution in [3.05, 3.63) is 82.7 Å². The van der Waals surface area contributed by atoms with E-state index in [-0.39, 0.29) is 11.2 Å². The van der Waals surface area contributed by atoms with Gasteiger partial charge in [-0.05, 0) is 52.8 Å². The van der Waals surface area contributed by atoms with E-state index in [9.17, 15) is 4.79 Å². The number of ketones is 1. The SMILES string of the molecule is Cc1ccc2cc(C(=O)C3=CCC(C)(C)C4=C3C=COC4)ccc2c1. The number of carbonyl (C=O) groups excluding carboxylic acids is 1. The molecule has 2 aliphatic rings. The fourth-order valence-corrected chi connectivity index (χ4v) is 3.71. The molecule has 0 unspecified atom stereocenters. The van der Waals surface area contributed by atoms with Gasteiger partial charge in [0.1, 0.15) is 6.61 Å². The van der Waals surface area contributed by atoms with Crippen molar-refractivity contribution in [2.45, 2.75) is 27.2 Å². The molecule has 0 spiro atoms. The highest BCUT2D eigenvalue weighted by molar-refractivity contribution is 6.13. The van der Waals surface area contributed by atoms with Gasteiger partial charge in [-0.15, -0.1) is 0 Å². The second-order valence-electron chi connectivity index (χ2n) is 7.61. The Kier molecular flexibility index (Phi) is 3.64. The van der Waals surface area contributed by atoms with Gasteiger partial charge >= 0.3 is 0 Å². The number of carbonyl (C=O) groups is 1. The van der Waals surface area contributed by atoms with Crippen LogP contribution in [0, 0.1) is 12.3 Å². The molecule has 2 aromatic carbocycles. The van der Waals surface area contributed by atoms with Crippen molar-refractivity contribution < 1.29 is 9.53 Å². The van der Waals surface area contributed by atoms with E-state index in [1.165, 1.54) is 16.5 Å². The maximum atomic E-state index is 13.2. The number of aryl methyl sites for hydroxylation is 1. The second kappa shape index (κ2) is 5.73. The second-order valence-corrected chi connectivity index (χ2v) is 7.61. The molecule has 0 saturated carbocycles. The Bertz CT molecular complexity index is 971. The van der Waals surface area contributed by atoms with Gasteiger partial charge in [-0.3, -0.25) is 4.79 Å². The third kappa shape index (κ3) is 2.72.